The van der Waals surface area contributed by atoms with Gasteiger partial charge in [0.2, 0.25) is 5.91 Å². The largest absolute Gasteiger partial charge is 0.352 e. The van der Waals surface area contributed by atoms with Crippen LogP contribution in [0.25, 0.3) is 0 Å². The van der Waals surface area contributed by atoms with Gasteiger partial charge >= 0.3 is 0 Å². The molecule has 2 aromatic rings. The van der Waals surface area contributed by atoms with Gasteiger partial charge in [0.25, 0.3) is 5.91 Å². The van der Waals surface area contributed by atoms with Gasteiger partial charge in [-0.25, -0.2) is 0 Å². The fourth-order valence-electron chi connectivity index (χ4n) is 2.08. The lowest BCUT2D eigenvalue weighted by Crippen LogP contribution is -2.25. The molecule has 2 aromatic carbocycles. The van der Waals surface area contributed by atoms with E-state index in [0.29, 0.717) is 24.9 Å². The number of benzene rings is 2. The van der Waals surface area contributed by atoms with Crippen molar-refractivity contribution < 1.29 is 9.59 Å². The lowest BCUT2D eigenvalue weighted by atomic mass is 10.2. The molecule has 120 valence electrons. The summed E-state index contributed by atoms with van der Waals surface area (Å²) in [6.07, 6.45) is 0.948. The molecule has 2 N–H and O–H groups in total. The van der Waals surface area contributed by atoms with E-state index < -0.39 is 0 Å². The second-order valence-electron chi connectivity index (χ2n) is 5.26. The molecular formula is C18H19BrN2O2. The molecule has 0 heterocycles. The average molecular weight is 375 g/mol. The third kappa shape index (κ3) is 5.53. The zero-order chi connectivity index (χ0) is 16.7. The lowest BCUT2D eigenvalue weighted by molar-refractivity contribution is -0.116. The molecule has 0 unspecified atom stereocenters. The monoisotopic (exact) mass is 374 g/mol. The molecule has 5 heteroatoms. The maximum atomic E-state index is 11.9. The van der Waals surface area contributed by atoms with Crippen LogP contribution in [0.4, 0.5) is 5.69 Å². The van der Waals surface area contributed by atoms with Gasteiger partial charge in [-0.15, -0.1) is 0 Å². The van der Waals surface area contributed by atoms with Gasteiger partial charge in [-0.05, 0) is 59.1 Å². The van der Waals surface area contributed by atoms with Crippen molar-refractivity contribution in [2.45, 2.75) is 19.8 Å². The highest BCUT2D eigenvalue weighted by molar-refractivity contribution is 9.10. The van der Waals surface area contributed by atoms with E-state index in [-0.39, 0.29) is 11.8 Å². The molecule has 0 fully saturated rings. The molecule has 0 aliphatic heterocycles. The number of hydrogen-bond acceptors (Lipinski definition) is 2. The van der Waals surface area contributed by atoms with Gasteiger partial charge in [-0.2, -0.15) is 0 Å². The Morgan fingerprint density at radius 1 is 1.09 bits per heavy atom. The van der Waals surface area contributed by atoms with Crippen LogP contribution in [0, 0.1) is 6.92 Å². The highest BCUT2D eigenvalue weighted by atomic mass is 79.9. The maximum absolute atomic E-state index is 11.9. The fraction of sp³-hybridized carbons (Fsp3) is 0.222. The van der Waals surface area contributed by atoms with Crippen molar-refractivity contribution in [3.63, 3.8) is 0 Å². The number of amides is 2. The number of carbonyl (C=O) groups is 2. The van der Waals surface area contributed by atoms with E-state index in [9.17, 15) is 9.59 Å². The average Bonchev–Trinajstić information content (AvgIpc) is 2.55. The molecule has 0 aliphatic carbocycles. The molecule has 0 bridgehead atoms. The van der Waals surface area contributed by atoms with E-state index in [1.54, 1.807) is 12.1 Å². The number of nitrogens with one attached hydrogen (secondary N) is 2. The highest BCUT2D eigenvalue weighted by Crippen LogP contribution is 2.23. The van der Waals surface area contributed by atoms with Crippen molar-refractivity contribution >= 4 is 33.4 Å². The van der Waals surface area contributed by atoms with Crippen LogP contribution >= 0.6 is 15.9 Å². The normalized spacial score (nSPS) is 10.2. The Kier molecular flexibility index (Phi) is 6.35. The third-order valence-electron chi connectivity index (χ3n) is 3.30. The van der Waals surface area contributed by atoms with E-state index in [1.807, 2.05) is 43.3 Å². The van der Waals surface area contributed by atoms with Gasteiger partial charge in [-0.3, -0.25) is 9.59 Å². The number of rotatable bonds is 6. The molecular weight excluding hydrogens is 356 g/mol. The molecule has 0 aliphatic rings. The number of halogens is 1. The van der Waals surface area contributed by atoms with E-state index >= 15 is 0 Å². The predicted octanol–water partition coefficient (Wildman–Crippen LogP) is 3.91. The Morgan fingerprint density at radius 2 is 1.83 bits per heavy atom. The molecule has 2 amide bonds. The van der Waals surface area contributed by atoms with Crippen molar-refractivity contribution in [2.24, 2.45) is 0 Å². The van der Waals surface area contributed by atoms with E-state index in [4.69, 9.17) is 0 Å². The summed E-state index contributed by atoms with van der Waals surface area (Å²) in [5.41, 5.74) is 2.51. The molecule has 0 spiro atoms. The summed E-state index contributed by atoms with van der Waals surface area (Å²) in [6.45, 7) is 2.46. The van der Waals surface area contributed by atoms with Gasteiger partial charge in [0.1, 0.15) is 0 Å². The summed E-state index contributed by atoms with van der Waals surface area (Å²) in [6, 6.07) is 14.8. The number of carbonyl (C=O) groups excluding carboxylic acids is 2. The molecule has 0 saturated heterocycles. The van der Waals surface area contributed by atoms with Crippen molar-refractivity contribution in [3.8, 4) is 0 Å². The number of aryl methyl sites for hydroxylation is 1. The molecule has 23 heavy (non-hydrogen) atoms. The van der Waals surface area contributed by atoms with E-state index in [0.717, 1.165) is 15.7 Å². The summed E-state index contributed by atoms with van der Waals surface area (Å²) < 4.78 is 0.864. The summed E-state index contributed by atoms with van der Waals surface area (Å²) in [4.78, 5) is 23.8. The number of hydrogen-bond donors (Lipinski definition) is 2. The van der Waals surface area contributed by atoms with Crippen molar-refractivity contribution in [2.75, 3.05) is 11.9 Å². The van der Waals surface area contributed by atoms with Crippen LogP contribution in [-0.2, 0) is 4.79 Å². The SMILES string of the molecule is Cc1ccc(NC(=O)CCCNC(=O)c2ccccc2)c(Br)c1. The highest BCUT2D eigenvalue weighted by Gasteiger charge is 2.07. The topological polar surface area (TPSA) is 58.2 Å². The predicted molar refractivity (Wildman–Crippen MR) is 95.5 cm³/mol. The van der Waals surface area contributed by atoms with Crippen LogP contribution in [0.5, 0.6) is 0 Å². The van der Waals surface area contributed by atoms with Crippen LogP contribution in [-0.4, -0.2) is 18.4 Å². The molecule has 0 aromatic heterocycles. The van der Waals surface area contributed by atoms with Gasteiger partial charge in [0.05, 0.1) is 5.69 Å². The second-order valence-corrected chi connectivity index (χ2v) is 6.11. The zero-order valence-corrected chi connectivity index (χ0v) is 14.5. The Morgan fingerprint density at radius 3 is 2.52 bits per heavy atom. The number of anilines is 1. The smallest absolute Gasteiger partial charge is 0.251 e. The van der Waals surface area contributed by atoms with Crippen LogP contribution in [0.2, 0.25) is 0 Å². The van der Waals surface area contributed by atoms with E-state index in [2.05, 4.69) is 26.6 Å². The summed E-state index contributed by atoms with van der Waals surface area (Å²) in [5.74, 6) is -0.184. The Balaban J connectivity index is 1.72. The van der Waals surface area contributed by atoms with Crippen LogP contribution in [0.15, 0.2) is 53.0 Å². The minimum Gasteiger partial charge on any atom is -0.352 e. The minimum absolute atomic E-state index is 0.0662. The second kappa shape index (κ2) is 8.48. The Hall–Kier alpha value is -2.14. The van der Waals surface area contributed by atoms with Gasteiger partial charge in [0, 0.05) is 23.0 Å². The standard InChI is InChI=1S/C18H19BrN2O2/c1-13-9-10-16(15(19)12-13)21-17(22)8-5-11-20-18(23)14-6-3-2-4-7-14/h2-4,6-7,9-10,12H,5,8,11H2,1H3,(H,20,23)(H,21,22). The van der Waals surface area contributed by atoms with Gasteiger partial charge in [-0.1, -0.05) is 24.3 Å². The first-order valence-corrected chi connectivity index (χ1v) is 8.25. The maximum Gasteiger partial charge on any atom is 0.251 e. The summed E-state index contributed by atoms with van der Waals surface area (Å²) in [5, 5.41) is 5.67. The first kappa shape index (κ1) is 17.2. The first-order valence-electron chi connectivity index (χ1n) is 7.45. The van der Waals surface area contributed by atoms with Crippen molar-refractivity contribution in [1.82, 2.24) is 5.32 Å². The van der Waals surface area contributed by atoms with Crippen molar-refractivity contribution in [1.29, 1.82) is 0 Å². The molecule has 0 saturated carbocycles. The first-order chi connectivity index (χ1) is 11.1. The molecule has 2 rings (SSSR count). The molecule has 4 nitrogen and oxygen atoms in total. The molecule has 0 atom stereocenters. The van der Waals surface area contributed by atoms with Crippen LogP contribution < -0.4 is 10.6 Å². The van der Waals surface area contributed by atoms with Gasteiger partial charge in [0.15, 0.2) is 0 Å². The molecule has 0 radical (unpaired) electrons. The summed E-state index contributed by atoms with van der Waals surface area (Å²) >= 11 is 3.43. The third-order valence-corrected chi connectivity index (χ3v) is 3.96. The minimum atomic E-state index is -0.118. The quantitative estimate of drug-likeness (QED) is 0.753. The van der Waals surface area contributed by atoms with Gasteiger partial charge < -0.3 is 10.6 Å². The van der Waals surface area contributed by atoms with Crippen LogP contribution in [0.3, 0.4) is 0 Å². The van der Waals surface area contributed by atoms with Crippen molar-refractivity contribution in [3.05, 3.63) is 64.1 Å². The van der Waals surface area contributed by atoms with E-state index in [1.165, 1.54) is 0 Å². The Labute approximate surface area is 144 Å². The summed E-state index contributed by atoms with van der Waals surface area (Å²) in [7, 11) is 0. The zero-order valence-electron chi connectivity index (χ0n) is 12.9. The Bertz CT molecular complexity index is 687. The lowest BCUT2D eigenvalue weighted by Gasteiger charge is -2.08. The fourth-order valence-corrected chi connectivity index (χ4v) is 2.67. The van der Waals surface area contributed by atoms with Crippen LogP contribution in [0.1, 0.15) is 28.8 Å².